The standard InChI is InChI=1S/C14H20ClNO/c1-9(2)16-12-6-5-11(15)7-10(12)8-13(16)14(3,4)17/h5-7,9,13,17H,8H2,1-4H3. The molecule has 0 amide bonds. The monoisotopic (exact) mass is 253 g/mol. The van der Waals surface area contributed by atoms with Gasteiger partial charge in [0.15, 0.2) is 0 Å². The van der Waals surface area contributed by atoms with Gasteiger partial charge in [0, 0.05) is 16.8 Å². The summed E-state index contributed by atoms with van der Waals surface area (Å²) >= 11 is 6.03. The van der Waals surface area contributed by atoms with E-state index in [0.29, 0.717) is 6.04 Å². The van der Waals surface area contributed by atoms with E-state index in [0.717, 1.165) is 11.4 Å². The number of aliphatic hydroxyl groups is 1. The molecule has 1 aliphatic heterocycles. The van der Waals surface area contributed by atoms with Gasteiger partial charge in [-0.15, -0.1) is 0 Å². The molecule has 0 saturated heterocycles. The molecule has 0 aromatic heterocycles. The van der Waals surface area contributed by atoms with Gasteiger partial charge in [-0.3, -0.25) is 0 Å². The molecule has 1 aliphatic rings. The summed E-state index contributed by atoms with van der Waals surface area (Å²) in [7, 11) is 0. The molecule has 0 spiro atoms. The Labute approximate surface area is 108 Å². The molecule has 0 aliphatic carbocycles. The third-order valence-corrected chi connectivity index (χ3v) is 3.68. The number of rotatable bonds is 2. The van der Waals surface area contributed by atoms with Crippen LogP contribution in [0.3, 0.4) is 0 Å². The highest BCUT2D eigenvalue weighted by molar-refractivity contribution is 6.30. The van der Waals surface area contributed by atoms with E-state index in [2.05, 4.69) is 24.8 Å². The van der Waals surface area contributed by atoms with Crippen LogP contribution >= 0.6 is 11.6 Å². The summed E-state index contributed by atoms with van der Waals surface area (Å²) in [5.74, 6) is 0. The van der Waals surface area contributed by atoms with Gasteiger partial charge in [0.25, 0.3) is 0 Å². The first-order valence-electron chi connectivity index (χ1n) is 6.10. The second-order valence-corrected chi connectivity index (χ2v) is 6.08. The number of halogens is 1. The largest absolute Gasteiger partial charge is 0.388 e. The van der Waals surface area contributed by atoms with Gasteiger partial charge in [-0.2, -0.15) is 0 Å². The number of benzene rings is 1. The number of fused-ring (bicyclic) bond motifs is 1. The Morgan fingerprint density at radius 1 is 1.41 bits per heavy atom. The summed E-state index contributed by atoms with van der Waals surface area (Å²) in [5, 5.41) is 11.1. The van der Waals surface area contributed by atoms with Crippen molar-refractivity contribution in [3.05, 3.63) is 28.8 Å². The lowest BCUT2D eigenvalue weighted by atomic mass is 9.94. The molecule has 3 heteroatoms. The minimum absolute atomic E-state index is 0.121. The number of hydrogen-bond donors (Lipinski definition) is 1. The molecule has 94 valence electrons. The highest BCUT2D eigenvalue weighted by Crippen LogP contribution is 2.39. The summed E-state index contributed by atoms with van der Waals surface area (Å²) in [4.78, 5) is 2.30. The van der Waals surface area contributed by atoms with E-state index in [1.807, 2.05) is 26.0 Å². The van der Waals surface area contributed by atoms with Crippen LogP contribution in [-0.4, -0.2) is 22.8 Å². The summed E-state index contributed by atoms with van der Waals surface area (Å²) < 4.78 is 0. The second-order valence-electron chi connectivity index (χ2n) is 5.65. The van der Waals surface area contributed by atoms with Crippen molar-refractivity contribution in [3.63, 3.8) is 0 Å². The molecule has 1 aromatic rings. The fourth-order valence-electron chi connectivity index (χ4n) is 2.67. The topological polar surface area (TPSA) is 23.5 Å². The molecule has 0 bridgehead atoms. The van der Waals surface area contributed by atoms with Crippen molar-refractivity contribution in [1.82, 2.24) is 0 Å². The van der Waals surface area contributed by atoms with Crippen LogP contribution in [0.1, 0.15) is 33.3 Å². The maximum Gasteiger partial charge on any atom is 0.0797 e. The quantitative estimate of drug-likeness (QED) is 0.875. The Hall–Kier alpha value is -0.730. The lowest BCUT2D eigenvalue weighted by molar-refractivity contribution is 0.0498. The fourth-order valence-corrected chi connectivity index (χ4v) is 2.87. The van der Waals surface area contributed by atoms with Crippen molar-refractivity contribution in [2.24, 2.45) is 0 Å². The molecule has 1 aromatic carbocycles. The lowest BCUT2D eigenvalue weighted by Gasteiger charge is -2.38. The molecule has 2 nitrogen and oxygen atoms in total. The van der Waals surface area contributed by atoms with Crippen molar-refractivity contribution in [2.45, 2.75) is 51.8 Å². The van der Waals surface area contributed by atoms with E-state index in [1.54, 1.807) is 0 Å². The molecule has 1 heterocycles. The Morgan fingerprint density at radius 3 is 2.59 bits per heavy atom. The zero-order valence-corrected chi connectivity index (χ0v) is 11.6. The van der Waals surface area contributed by atoms with E-state index >= 15 is 0 Å². The highest BCUT2D eigenvalue weighted by Gasteiger charge is 2.39. The molecular weight excluding hydrogens is 234 g/mol. The van der Waals surface area contributed by atoms with E-state index < -0.39 is 5.60 Å². The van der Waals surface area contributed by atoms with Crippen LogP contribution in [0, 0.1) is 0 Å². The molecule has 0 radical (unpaired) electrons. The third kappa shape index (κ3) is 2.29. The van der Waals surface area contributed by atoms with Crippen LogP contribution < -0.4 is 4.90 Å². The Morgan fingerprint density at radius 2 is 2.06 bits per heavy atom. The first-order chi connectivity index (χ1) is 7.80. The van der Waals surface area contributed by atoms with Crippen LogP contribution in [0.5, 0.6) is 0 Å². The van der Waals surface area contributed by atoms with Crippen molar-refractivity contribution in [1.29, 1.82) is 0 Å². The number of hydrogen-bond acceptors (Lipinski definition) is 2. The van der Waals surface area contributed by atoms with Crippen molar-refractivity contribution >= 4 is 17.3 Å². The predicted octanol–water partition coefficient (Wildman–Crippen LogP) is 3.25. The number of anilines is 1. The Kier molecular flexibility index (Phi) is 3.13. The summed E-state index contributed by atoms with van der Waals surface area (Å²) in [6, 6.07) is 6.48. The van der Waals surface area contributed by atoms with E-state index in [4.69, 9.17) is 11.6 Å². The van der Waals surface area contributed by atoms with Crippen molar-refractivity contribution in [3.8, 4) is 0 Å². The molecule has 17 heavy (non-hydrogen) atoms. The van der Waals surface area contributed by atoms with Gasteiger partial charge in [0.05, 0.1) is 11.6 Å². The van der Waals surface area contributed by atoms with E-state index in [1.165, 1.54) is 11.3 Å². The van der Waals surface area contributed by atoms with Crippen LogP contribution in [0.25, 0.3) is 0 Å². The highest BCUT2D eigenvalue weighted by atomic mass is 35.5. The van der Waals surface area contributed by atoms with Crippen LogP contribution in [0.15, 0.2) is 18.2 Å². The maximum atomic E-state index is 10.3. The zero-order chi connectivity index (χ0) is 12.8. The maximum absolute atomic E-state index is 10.3. The Balaban J connectivity index is 2.44. The zero-order valence-electron chi connectivity index (χ0n) is 10.9. The molecule has 1 atom stereocenters. The minimum Gasteiger partial charge on any atom is -0.388 e. The fraction of sp³-hybridized carbons (Fsp3) is 0.571. The van der Waals surface area contributed by atoms with Gasteiger partial charge >= 0.3 is 0 Å². The molecule has 0 fully saturated rings. The number of nitrogens with zero attached hydrogens (tertiary/aromatic N) is 1. The van der Waals surface area contributed by atoms with Gasteiger partial charge in [0.2, 0.25) is 0 Å². The smallest absolute Gasteiger partial charge is 0.0797 e. The molecule has 2 rings (SSSR count). The lowest BCUT2D eigenvalue weighted by Crippen LogP contribution is -2.50. The molecule has 0 saturated carbocycles. The first-order valence-corrected chi connectivity index (χ1v) is 6.47. The predicted molar refractivity (Wildman–Crippen MR) is 72.9 cm³/mol. The van der Waals surface area contributed by atoms with Crippen molar-refractivity contribution < 1.29 is 5.11 Å². The van der Waals surface area contributed by atoms with Gasteiger partial charge in [-0.1, -0.05) is 11.6 Å². The average molecular weight is 254 g/mol. The normalized spacial score (nSPS) is 19.9. The van der Waals surface area contributed by atoms with Crippen LogP contribution in [-0.2, 0) is 6.42 Å². The summed E-state index contributed by atoms with van der Waals surface area (Å²) in [5.41, 5.74) is 1.73. The first kappa shape index (κ1) is 12.7. The average Bonchev–Trinajstić information content (AvgIpc) is 2.55. The summed E-state index contributed by atoms with van der Waals surface area (Å²) in [6.07, 6.45) is 0.859. The third-order valence-electron chi connectivity index (χ3n) is 3.44. The summed E-state index contributed by atoms with van der Waals surface area (Å²) in [6.45, 7) is 8.06. The van der Waals surface area contributed by atoms with E-state index in [9.17, 15) is 5.11 Å². The van der Waals surface area contributed by atoms with Crippen molar-refractivity contribution in [2.75, 3.05) is 4.90 Å². The van der Waals surface area contributed by atoms with Gasteiger partial charge in [0.1, 0.15) is 0 Å². The van der Waals surface area contributed by atoms with E-state index in [-0.39, 0.29) is 6.04 Å². The second kappa shape index (κ2) is 4.18. The SMILES string of the molecule is CC(C)N1c2ccc(Cl)cc2CC1C(C)(C)O. The molecule has 1 N–H and O–H groups in total. The van der Waals surface area contributed by atoms with Gasteiger partial charge in [-0.25, -0.2) is 0 Å². The van der Waals surface area contributed by atoms with Gasteiger partial charge in [-0.05, 0) is 57.9 Å². The van der Waals surface area contributed by atoms with Crippen LogP contribution in [0.2, 0.25) is 5.02 Å². The van der Waals surface area contributed by atoms with Crippen LogP contribution in [0.4, 0.5) is 5.69 Å². The minimum atomic E-state index is -0.713. The Bertz CT molecular complexity index is 423. The molecule has 1 unspecified atom stereocenters. The van der Waals surface area contributed by atoms with Gasteiger partial charge < -0.3 is 10.0 Å². The molecular formula is C14H20ClNO.